The van der Waals surface area contributed by atoms with Crippen LogP contribution in [-0.4, -0.2) is 30.1 Å². The molecule has 1 saturated heterocycles. The summed E-state index contributed by atoms with van der Waals surface area (Å²) in [5.74, 6) is -0.618. The number of urea groups is 1. The second kappa shape index (κ2) is 10.4. The van der Waals surface area contributed by atoms with Gasteiger partial charge in [0.25, 0.3) is 11.8 Å². The Labute approximate surface area is 221 Å². The molecule has 0 radical (unpaired) electrons. The van der Waals surface area contributed by atoms with Gasteiger partial charge in [-0.05, 0) is 90.0 Å². The van der Waals surface area contributed by atoms with E-state index >= 15 is 0 Å². The Hall–Kier alpha value is -3.86. The smallest absolute Gasteiger partial charge is 0.335 e. The number of halogens is 1. The number of hydrogen-bond donors (Lipinski definition) is 2. The van der Waals surface area contributed by atoms with Gasteiger partial charge in [-0.1, -0.05) is 29.3 Å². The van der Waals surface area contributed by atoms with Gasteiger partial charge in [0.15, 0.2) is 11.5 Å². The second-order valence-electron chi connectivity index (χ2n) is 8.29. The van der Waals surface area contributed by atoms with Gasteiger partial charge >= 0.3 is 6.03 Å². The second-order valence-corrected chi connectivity index (χ2v) is 9.46. The third-order valence-corrected chi connectivity index (χ3v) is 6.24. The standard InChI is InChI=1S/C27H23IN2O6/c1-15-8-16(2)10-18(9-15)14-36-24-22(28)12-17(13-23(24)35-3)11-21-25(32)29-27(34)30(26(21)33)19-4-6-20(31)7-5-19/h4-13,31H,14H2,1-3H3,(H,29,32,34)/b21-11+. The van der Waals surface area contributed by atoms with Crippen molar-refractivity contribution in [3.63, 3.8) is 0 Å². The zero-order chi connectivity index (χ0) is 26.0. The fraction of sp³-hybridized carbons (Fsp3) is 0.148. The van der Waals surface area contributed by atoms with Crippen molar-refractivity contribution < 1.29 is 29.0 Å². The van der Waals surface area contributed by atoms with Crippen molar-refractivity contribution in [2.75, 3.05) is 12.0 Å². The molecule has 0 saturated carbocycles. The predicted octanol–water partition coefficient (Wildman–Crippen LogP) is 4.87. The number of amides is 4. The number of phenols is 1. The molecule has 184 valence electrons. The molecular formula is C27H23IN2O6. The van der Waals surface area contributed by atoms with Gasteiger partial charge in [-0.25, -0.2) is 9.69 Å². The molecule has 3 aromatic carbocycles. The summed E-state index contributed by atoms with van der Waals surface area (Å²) in [4.78, 5) is 38.9. The SMILES string of the molecule is COc1cc(/C=C2\C(=O)NC(=O)N(c3ccc(O)cc3)C2=O)cc(I)c1OCc1cc(C)cc(C)c1. The number of ether oxygens (including phenoxy) is 2. The third kappa shape index (κ3) is 5.35. The molecule has 1 fully saturated rings. The zero-order valence-corrected chi connectivity index (χ0v) is 22.0. The largest absolute Gasteiger partial charge is 0.508 e. The van der Waals surface area contributed by atoms with Crippen LogP contribution in [0.5, 0.6) is 17.2 Å². The predicted molar refractivity (Wildman–Crippen MR) is 143 cm³/mol. The molecule has 1 aliphatic heterocycles. The summed E-state index contributed by atoms with van der Waals surface area (Å²) in [5.41, 5.74) is 3.84. The monoisotopic (exact) mass is 598 g/mol. The number of benzene rings is 3. The average Bonchev–Trinajstić information content (AvgIpc) is 2.81. The quantitative estimate of drug-likeness (QED) is 0.239. The van der Waals surface area contributed by atoms with E-state index in [1.54, 1.807) is 12.1 Å². The summed E-state index contributed by atoms with van der Waals surface area (Å²) in [6.07, 6.45) is 1.40. The van der Waals surface area contributed by atoms with Crippen molar-refractivity contribution in [2.24, 2.45) is 0 Å². The maximum absolute atomic E-state index is 13.1. The Morgan fingerprint density at radius 1 is 1.00 bits per heavy atom. The molecule has 36 heavy (non-hydrogen) atoms. The van der Waals surface area contributed by atoms with Crippen LogP contribution in [0.2, 0.25) is 0 Å². The number of methoxy groups -OCH3 is 1. The van der Waals surface area contributed by atoms with Gasteiger partial charge in [0, 0.05) is 0 Å². The van der Waals surface area contributed by atoms with Crippen LogP contribution in [0.15, 0.2) is 60.2 Å². The molecule has 8 nitrogen and oxygen atoms in total. The number of aromatic hydroxyl groups is 1. The first-order chi connectivity index (χ1) is 17.2. The summed E-state index contributed by atoms with van der Waals surface area (Å²) < 4.78 is 12.3. The number of anilines is 1. The summed E-state index contributed by atoms with van der Waals surface area (Å²) >= 11 is 2.11. The van der Waals surface area contributed by atoms with E-state index in [0.717, 1.165) is 25.2 Å². The molecule has 0 bridgehead atoms. The van der Waals surface area contributed by atoms with Crippen molar-refractivity contribution in [3.8, 4) is 17.2 Å². The average molecular weight is 598 g/mol. The van der Waals surface area contributed by atoms with Crippen molar-refractivity contribution in [1.82, 2.24) is 5.32 Å². The molecule has 0 atom stereocenters. The number of aryl methyl sites for hydroxylation is 2. The van der Waals surface area contributed by atoms with E-state index < -0.39 is 17.8 Å². The van der Waals surface area contributed by atoms with E-state index in [1.165, 1.54) is 37.5 Å². The molecule has 4 amide bonds. The highest BCUT2D eigenvalue weighted by Crippen LogP contribution is 2.36. The lowest BCUT2D eigenvalue weighted by Crippen LogP contribution is -2.54. The van der Waals surface area contributed by atoms with Crippen LogP contribution in [0, 0.1) is 17.4 Å². The van der Waals surface area contributed by atoms with Crippen molar-refractivity contribution in [3.05, 3.63) is 86.0 Å². The maximum atomic E-state index is 13.1. The lowest BCUT2D eigenvalue weighted by atomic mass is 10.1. The maximum Gasteiger partial charge on any atom is 0.335 e. The van der Waals surface area contributed by atoms with Gasteiger partial charge in [0.05, 0.1) is 16.4 Å². The number of imide groups is 2. The summed E-state index contributed by atoms with van der Waals surface area (Å²) in [6.45, 7) is 4.41. The number of phenolic OH excluding ortho intramolecular Hbond substituents is 1. The first-order valence-corrected chi connectivity index (χ1v) is 12.0. The Morgan fingerprint density at radius 3 is 2.31 bits per heavy atom. The van der Waals surface area contributed by atoms with Crippen LogP contribution >= 0.6 is 22.6 Å². The first-order valence-electron chi connectivity index (χ1n) is 10.9. The molecule has 4 rings (SSSR count). The van der Waals surface area contributed by atoms with Crippen LogP contribution in [0.3, 0.4) is 0 Å². The Balaban J connectivity index is 1.63. The Kier molecular flexibility index (Phi) is 7.30. The van der Waals surface area contributed by atoms with E-state index in [-0.39, 0.29) is 17.0 Å². The highest BCUT2D eigenvalue weighted by Gasteiger charge is 2.36. The van der Waals surface area contributed by atoms with Gasteiger partial charge in [-0.15, -0.1) is 0 Å². The summed E-state index contributed by atoms with van der Waals surface area (Å²) in [7, 11) is 1.51. The molecule has 1 aliphatic rings. The topological polar surface area (TPSA) is 105 Å². The molecule has 0 unspecified atom stereocenters. The molecule has 0 aliphatic carbocycles. The number of rotatable bonds is 6. The Bertz CT molecular complexity index is 1380. The van der Waals surface area contributed by atoms with E-state index in [0.29, 0.717) is 23.7 Å². The van der Waals surface area contributed by atoms with Gasteiger partial charge in [0.2, 0.25) is 0 Å². The van der Waals surface area contributed by atoms with Crippen molar-refractivity contribution in [2.45, 2.75) is 20.5 Å². The van der Waals surface area contributed by atoms with Gasteiger partial charge in [0.1, 0.15) is 17.9 Å². The number of carbonyl (C=O) groups is 3. The molecule has 1 heterocycles. The fourth-order valence-corrected chi connectivity index (χ4v) is 4.71. The van der Waals surface area contributed by atoms with E-state index in [1.807, 2.05) is 13.8 Å². The molecule has 2 N–H and O–H groups in total. The van der Waals surface area contributed by atoms with E-state index in [4.69, 9.17) is 9.47 Å². The fourth-order valence-electron chi connectivity index (χ4n) is 3.93. The van der Waals surface area contributed by atoms with E-state index in [9.17, 15) is 19.5 Å². The van der Waals surface area contributed by atoms with Crippen LogP contribution in [0.4, 0.5) is 10.5 Å². The number of carbonyl (C=O) groups excluding carboxylic acids is 3. The zero-order valence-electron chi connectivity index (χ0n) is 19.8. The van der Waals surface area contributed by atoms with Gasteiger partial charge < -0.3 is 14.6 Å². The number of nitrogens with one attached hydrogen (secondary N) is 1. The normalized spacial score (nSPS) is 14.7. The number of hydrogen-bond acceptors (Lipinski definition) is 6. The van der Waals surface area contributed by atoms with Crippen LogP contribution in [0.1, 0.15) is 22.3 Å². The van der Waals surface area contributed by atoms with E-state index in [2.05, 4.69) is 46.1 Å². The molecule has 9 heteroatoms. The first kappa shape index (κ1) is 25.2. The summed E-state index contributed by atoms with van der Waals surface area (Å²) in [6, 6.07) is 14.3. The van der Waals surface area contributed by atoms with Crippen LogP contribution in [0.25, 0.3) is 6.08 Å². The van der Waals surface area contributed by atoms with Crippen molar-refractivity contribution in [1.29, 1.82) is 0 Å². The Morgan fingerprint density at radius 2 is 1.67 bits per heavy atom. The number of barbiturate groups is 1. The summed E-state index contributed by atoms with van der Waals surface area (Å²) in [5, 5.41) is 11.7. The molecule has 0 spiro atoms. The minimum atomic E-state index is -0.866. The van der Waals surface area contributed by atoms with Gasteiger partial charge in [-0.2, -0.15) is 0 Å². The van der Waals surface area contributed by atoms with Crippen LogP contribution in [-0.2, 0) is 16.2 Å². The highest BCUT2D eigenvalue weighted by molar-refractivity contribution is 14.1. The van der Waals surface area contributed by atoms with Crippen LogP contribution < -0.4 is 19.7 Å². The molecule has 0 aromatic heterocycles. The van der Waals surface area contributed by atoms with Gasteiger partial charge in [-0.3, -0.25) is 14.9 Å². The number of nitrogens with zero attached hydrogens (tertiary/aromatic N) is 1. The minimum Gasteiger partial charge on any atom is -0.508 e. The molecular weight excluding hydrogens is 575 g/mol. The highest BCUT2D eigenvalue weighted by atomic mass is 127. The minimum absolute atomic E-state index is 0.0167. The lowest BCUT2D eigenvalue weighted by molar-refractivity contribution is -0.122. The lowest BCUT2D eigenvalue weighted by Gasteiger charge is -2.26. The van der Waals surface area contributed by atoms with Crippen molar-refractivity contribution >= 4 is 52.2 Å². The third-order valence-electron chi connectivity index (χ3n) is 5.44. The molecule has 3 aromatic rings.